The summed E-state index contributed by atoms with van der Waals surface area (Å²) in [5.74, 6) is 6.25. The zero-order valence-electron chi connectivity index (χ0n) is 27.1. The maximum absolute atomic E-state index is 7.08. The first-order chi connectivity index (χ1) is 17.8. The molecule has 2 aliphatic carbocycles. The van der Waals surface area contributed by atoms with E-state index >= 15 is 0 Å². The molecule has 2 fully saturated rings. The van der Waals surface area contributed by atoms with Gasteiger partial charge in [-0.05, 0) is 92.6 Å². The zero-order chi connectivity index (χ0) is 28.5. The molecule has 2 aliphatic rings. The lowest BCUT2D eigenvalue weighted by Crippen LogP contribution is -2.36. The SMILES string of the molecule is CCOC(CC)O/C=C(/OB(C[C@@H]1C[C@@H](C)CC[C@@H]1C(C)C)C[C@@H]1C[C@@H](C)CC[C@@H]1C(C)C)SC(C)(C)C. The van der Waals surface area contributed by atoms with Gasteiger partial charge in [-0.1, -0.05) is 93.8 Å². The highest BCUT2D eigenvalue weighted by Crippen LogP contribution is 2.45. The highest BCUT2D eigenvalue weighted by Gasteiger charge is 2.39. The van der Waals surface area contributed by atoms with Crippen LogP contribution in [0.3, 0.4) is 0 Å². The van der Waals surface area contributed by atoms with E-state index in [1.807, 2.05) is 13.2 Å². The normalized spacial score (nSPS) is 30.0. The molecule has 0 aromatic carbocycles. The van der Waals surface area contributed by atoms with Crippen molar-refractivity contribution in [2.24, 2.45) is 47.3 Å². The quantitative estimate of drug-likeness (QED) is 0.122. The molecule has 0 radical (unpaired) electrons. The Kier molecular flexibility index (Phi) is 14.5. The molecule has 0 bridgehead atoms. The fourth-order valence-corrected chi connectivity index (χ4v) is 8.21. The van der Waals surface area contributed by atoms with E-state index in [9.17, 15) is 0 Å². The Morgan fingerprint density at radius 1 is 0.868 bits per heavy atom. The topological polar surface area (TPSA) is 27.7 Å². The summed E-state index contributed by atoms with van der Waals surface area (Å²) in [6, 6.07) is 0. The molecule has 0 amide bonds. The van der Waals surface area contributed by atoms with Crippen molar-refractivity contribution in [1.82, 2.24) is 0 Å². The van der Waals surface area contributed by atoms with Gasteiger partial charge in [-0.25, -0.2) is 0 Å². The predicted molar refractivity (Wildman–Crippen MR) is 168 cm³/mol. The molecule has 1 unspecified atom stereocenters. The Balaban J connectivity index is 2.34. The van der Waals surface area contributed by atoms with E-state index in [4.69, 9.17) is 14.1 Å². The van der Waals surface area contributed by atoms with Crippen molar-refractivity contribution in [2.75, 3.05) is 6.61 Å². The van der Waals surface area contributed by atoms with Gasteiger partial charge in [0.15, 0.2) is 11.4 Å². The number of hydrogen-bond donors (Lipinski definition) is 0. The van der Waals surface area contributed by atoms with Crippen molar-refractivity contribution in [3.05, 3.63) is 11.4 Å². The summed E-state index contributed by atoms with van der Waals surface area (Å²) in [6.07, 6.45) is 13.1. The largest absolute Gasteiger partial charge is 0.554 e. The molecule has 0 N–H and O–H groups in total. The van der Waals surface area contributed by atoms with Crippen LogP contribution in [0.15, 0.2) is 11.4 Å². The summed E-state index contributed by atoms with van der Waals surface area (Å²) >= 11 is 1.80. The van der Waals surface area contributed by atoms with Gasteiger partial charge in [0, 0.05) is 17.8 Å². The summed E-state index contributed by atoms with van der Waals surface area (Å²) in [5, 5.41) is 0.926. The highest BCUT2D eigenvalue weighted by atomic mass is 32.2. The van der Waals surface area contributed by atoms with Crippen LogP contribution in [0.25, 0.3) is 0 Å². The van der Waals surface area contributed by atoms with Gasteiger partial charge in [0.2, 0.25) is 0 Å². The predicted octanol–water partition coefficient (Wildman–Crippen LogP) is 10.5. The lowest BCUT2D eigenvalue weighted by molar-refractivity contribution is -0.104. The van der Waals surface area contributed by atoms with E-state index in [0.29, 0.717) is 6.61 Å². The lowest BCUT2D eigenvalue weighted by atomic mass is 9.49. The second-order valence-electron chi connectivity index (χ2n) is 14.5. The van der Waals surface area contributed by atoms with Crippen LogP contribution in [0.1, 0.15) is 121 Å². The smallest absolute Gasteiger partial charge is 0.359 e. The Labute approximate surface area is 242 Å². The van der Waals surface area contributed by atoms with Crippen LogP contribution in [-0.2, 0) is 14.1 Å². The molecular formula is C33H63BO3S. The van der Waals surface area contributed by atoms with Gasteiger partial charge in [0.1, 0.15) is 6.26 Å². The van der Waals surface area contributed by atoms with Crippen LogP contribution in [0.4, 0.5) is 0 Å². The van der Waals surface area contributed by atoms with Crippen LogP contribution in [0, 0.1) is 47.3 Å². The van der Waals surface area contributed by atoms with E-state index in [0.717, 1.165) is 58.9 Å². The third-order valence-electron chi connectivity index (χ3n) is 9.14. The Morgan fingerprint density at radius 3 is 1.76 bits per heavy atom. The van der Waals surface area contributed by atoms with Gasteiger partial charge in [-0.15, -0.1) is 0 Å². The monoisotopic (exact) mass is 550 g/mol. The van der Waals surface area contributed by atoms with Gasteiger partial charge >= 0.3 is 6.92 Å². The number of rotatable bonds is 14. The maximum atomic E-state index is 7.08. The summed E-state index contributed by atoms with van der Waals surface area (Å²) in [5.41, 5.74) is 0. The molecule has 38 heavy (non-hydrogen) atoms. The minimum Gasteiger partial charge on any atom is -0.554 e. The van der Waals surface area contributed by atoms with Crippen LogP contribution >= 0.6 is 11.8 Å². The number of thioether (sulfide) groups is 1. The van der Waals surface area contributed by atoms with Crippen molar-refractivity contribution < 1.29 is 14.1 Å². The van der Waals surface area contributed by atoms with Gasteiger partial charge in [-0.3, -0.25) is 0 Å². The maximum Gasteiger partial charge on any atom is 0.359 e. The van der Waals surface area contributed by atoms with E-state index in [-0.39, 0.29) is 18.0 Å². The van der Waals surface area contributed by atoms with E-state index < -0.39 is 0 Å². The first-order valence-corrected chi connectivity index (χ1v) is 17.0. The molecule has 0 aromatic heterocycles. The molecule has 5 heteroatoms. The number of ether oxygens (including phenoxy) is 2. The van der Waals surface area contributed by atoms with Crippen molar-refractivity contribution in [3.63, 3.8) is 0 Å². The third kappa shape index (κ3) is 11.7. The average molecular weight is 551 g/mol. The van der Waals surface area contributed by atoms with Crippen LogP contribution < -0.4 is 0 Å². The highest BCUT2D eigenvalue weighted by molar-refractivity contribution is 8.04. The van der Waals surface area contributed by atoms with E-state index in [2.05, 4.69) is 69.2 Å². The summed E-state index contributed by atoms with van der Waals surface area (Å²) in [6.45, 7) is 26.5. The molecule has 0 aliphatic heterocycles. The molecule has 2 rings (SSSR count). The molecule has 0 heterocycles. The minimum absolute atomic E-state index is 0.0483. The van der Waals surface area contributed by atoms with Gasteiger partial charge in [-0.2, -0.15) is 0 Å². The average Bonchev–Trinajstić information content (AvgIpc) is 2.80. The Bertz CT molecular complexity index is 654. The van der Waals surface area contributed by atoms with Crippen molar-refractivity contribution in [3.8, 4) is 0 Å². The van der Waals surface area contributed by atoms with Crippen molar-refractivity contribution >= 4 is 18.7 Å². The van der Waals surface area contributed by atoms with Gasteiger partial charge in [0.05, 0.1) is 0 Å². The van der Waals surface area contributed by atoms with Gasteiger partial charge < -0.3 is 14.1 Å². The van der Waals surface area contributed by atoms with E-state index in [1.165, 1.54) is 51.2 Å². The Morgan fingerprint density at radius 2 is 1.37 bits per heavy atom. The summed E-state index contributed by atoms with van der Waals surface area (Å²) < 4.78 is 19.1. The lowest BCUT2D eigenvalue weighted by Gasteiger charge is -2.41. The molecule has 0 spiro atoms. The molecule has 7 atom stereocenters. The van der Waals surface area contributed by atoms with Crippen LogP contribution in [0.2, 0.25) is 12.6 Å². The van der Waals surface area contributed by atoms with Crippen LogP contribution in [-0.4, -0.2) is 24.6 Å². The molecule has 3 nitrogen and oxygen atoms in total. The van der Waals surface area contributed by atoms with E-state index in [1.54, 1.807) is 11.8 Å². The minimum atomic E-state index is -0.216. The molecule has 222 valence electrons. The second-order valence-corrected chi connectivity index (χ2v) is 16.3. The fraction of sp³-hybridized carbons (Fsp3) is 0.939. The molecule has 2 saturated carbocycles. The van der Waals surface area contributed by atoms with Crippen molar-refractivity contribution in [2.45, 2.75) is 145 Å². The summed E-state index contributed by atoms with van der Waals surface area (Å²) in [4.78, 5) is 0. The first kappa shape index (κ1) is 33.9. The summed E-state index contributed by atoms with van der Waals surface area (Å²) in [7, 11) is 0. The first-order valence-electron chi connectivity index (χ1n) is 16.2. The van der Waals surface area contributed by atoms with Crippen LogP contribution in [0.5, 0.6) is 0 Å². The molecular weight excluding hydrogens is 487 g/mol. The van der Waals surface area contributed by atoms with Crippen molar-refractivity contribution in [1.29, 1.82) is 0 Å². The molecule has 0 aromatic rings. The van der Waals surface area contributed by atoms with Gasteiger partial charge in [0.25, 0.3) is 0 Å². The fourth-order valence-electron chi connectivity index (χ4n) is 7.32. The standard InChI is InChI=1S/C33H63BO3S/c1-12-31(35-13-2)36-22-32(38-33(9,10)11)37-34(20-27-18-25(7)14-16-29(27)23(3)4)21-28-19-26(8)15-17-30(28)24(5)6/h22-31H,12-21H2,1-11H3/b32-22-/t25-,26-,27-,28-,29+,30+,31?/m0/s1. The zero-order valence-corrected chi connectivity index (χ0v) is 27.9. The third-order valence-corrected chi connectivity index (χ3v) is 10.1. The Hall–Kier alpha value is -0.285. The second kappa shape index (κ2) is 16.2. The number of hydrogen-bond acceptors (Lipinski definition) is 4. The molecule has 0 saturated heterocycles.